The van der Waals surface area contributed by atoms with E-state index in [-0.39, 0.29) is 23.9 Å². The summed E-state index contributed by atoms with van der Waals surface area (Å²) in [5.74, 6) is -3.10. The fourth-order valence-corrected chi connectivity index (χ4v) is 9.33. The monoisotopic (exact) mass is 727 g/mol. The number of carbonyl (C=O) groups excluding carboxylic acids is 4. The number of thioether (sulfide) groups is 1. The van der Waals surface area contributed by atoms with Crippen molar-refractivity contribution in [2.75, 3.05) is 16.8 Å². The molecule has 1 saturated heterocycles. The quantitative estimate of drug-likeness (QED) is 0.152. The van der Waals surface area contributed by atoms with E-state index in [0.717, 1.165) is 48.8 Å². The molecule has 0 radical (unpaired) electrons. The number of nitrogens with one attached hydrogen (secondary N) is 1. The number of carbonyl (C=O) groups is 4. The van der Waals surface area contributed by atoms with E-state index in [0.29, 0.717) is 26.8 Å². The Balaban J connectivity index is 1.23. The standard InChI is InChI=1S/C35H26BrN3O6S2/c1-2-45-34(43)20-11-14-25(15-12-20)39-31(41)28-27(22-8-5-9-23(36)16-22)30-33(46-29(28)32(39)42)38(35(44)47-30)18-26(40)37-24-13-10-19-6-3-4-7-21(19)17-24/h3-17,27-29H,2,18H2,1H3,(H,37,40)/t27-,28-,29+/m0/s1. The normalized spacial score (nSPS) is 18.6. The van der Waals surface area contributed by atoms with Crippen molar-refractivity contribution < 1.29 is 23.9 Å². The summed E-state index contributed by atoms with van der Waals surface area (Å²) in [6.07, 6.45) is 0. The van der Waals surface area contributed by atoms with Crippen molar-refractivity contribution in [3.63, 3.8) is 0 Å². The minimum atomic E-state index is -0.840. The number of thiazole rings is 1. The average Bonchev–Trinajstić information content (AvgIpc) is 3.50. The SMILES string of the molecule is CCOC(=O)c1ccc(N2C(=O)[C@H]3[C@H](c4cccc(Br)c4)c4sc(=O)n(CC(=O)Nc5ccc6ccccc6c5)c4S[C@H]3C2=O)cc1. The molecule has 0 saturated carbocycles. The van der Waals surface area contributed by atoms with E-state index in [2.05, 4.69) is 21.2 Å². The molecular weight excluding hydrogens is 702 g/mol. The molecule has 5 aromatic rings. The number of imide groups is 1. The first-order chi connectivity index (χ1) is 22.7. The van der Waals surface area contributed by atoms with Crippen LogP contribution in [0.15, 0.2) is 105 Å². The molecular formula is C35H26BrN3O6S2. The van der Waals surface area contributed by atoms with Crippen LogP contribution in [0.2, 0.25) is 0 Å². The van der Waals surface area contributed by atoms with Gasteiger partial charge in [0.05, 0.1) is 28.8 Å². The lowest BCUT2D eigenvalue weighted by Gasteiger charge is -2.30. The number of amides is 3. The number of aromatic nitrogens is 1. The van der Waals surface area contributed by atoms with E-state index in [1.807, 2.05) is 66.7 Å². The first-order valence-corrected chi connectivity index (χ1v) is 17.3. The zero-order valence-corrected chi connectivity index (χ0v) is 28.1. The Bertz CT molecular complexity index is 2140. The Labute approximate surface area is 285 Å². The number of benzene rings is 4. The first kappa shape index (κ1) is 31.1. The summed E-state index contributed by atoms with van der Waals surface area (Å²) in [6.45, 7) is 1.68. The Morgan fingerprint density at radius 3 is 2.40 bits per heavy atom. The van der Waals surface area contributed by atoms with Gasteiger partial charge in [-0.1, -0.05) is 81.5 Å². The number of esters is 1. The third-order valence-electron chi connectivity index (χ3n) is 8.23. The van der Waals surface area contributed by atoms with Crippen LogP contribution in [0, 0.1) is 5.92 Å². The van der Waals surface area contributed by atoms with E-state index < -0.39 is 34.9 Å². The molecule has 236 valence electrons. The van der Waals surface area contributed by atoms with E-state index in [1.54, 1.807) is 19.1 Å². The molecule has 2 aliphatic rings. The maximum Gasteiger partial charge on any atom is 0.338 e. The van der Waals surface area contributed by atoms with Crippen LogP contribution >= 0.6 is 39.0 Å². The predicted octanol–water partition coefficient (Wildman–Crippen LogP) is 6.44. The van der Waals surface area contributed by atoms with Gasteiger partial charge in [0.15, 0.2) is 0 Å². The van der Waals surface area contributed by atoms with Crippen LogP contribution in [-0.2, 0) is 25.7 Å². The number of hydrogen-bond acceptors (Lipinski definition) is 8. The minimum absolute atomic E-state index is 0.224. The number of fused-ring (bicyclic) bond motifs is 3. The van der Waals surface area contributed by atoms with Crippen molar-refractivity contribution in [2.45, 2.75) is 29.7 Å². The molecule has 2 aliphatic heterocycles. The fourth-order valence-electron chi connectivity index (χ4n) is 6.14. The third kappa shape index (κ3) is 5.70. The molecule has 9 nitrogen and oxygen atoms in total. The van der Waals surface area contributed by atoms with Crippen LogP contribution in [0.1, 0.15) is 33.6 Å². The van der Waals surface area contributed by atoms with E-state index in [9.17, 15) is 24.0 Å². The third-order valence-corrected chi connectivity index (χ3v) is 11.3. The minimum Gasteiger partial charge on any atom is -0.462 e. The lowest BCUT2D eigenvalue weighted by Crippen LogP contribution is -2.33. The molecule has 3 heterocycles. The number of halogens is 1. The first-order valence-electron chi connectivity index (χ1n) is 14.8. The lowest BCUT2D eigenvalue weighted by molar-refractivity contribution is -0.122. The van der Waals surface area contributed by atoms with Gasteiger partial charge in [-0.3, -0.25) is 23.7 Å². The largest absolute Gasteiger partial charge is 0.462 e. The Morgan fingerprint density at radius 1 is 0.894 bits per heavy atom. The summed E-state index contributed by atoms with van der Waals surface area (Å²) >= 11 is 5.66. The molecule has 1 aromatic heterocycles. The Hall–Kier alpha value is -4.52. The molecule has 0 bridgehead atoms. The second-order valence-electron chi connectivity index (χ2n) is 11.1. The van der Waals surface area contributed by atoms with Crippen molar-refractivity contribution in [1.82, 2.24) is 4.57 Å². The second-order valence-corrected chi connectivity index (χ2v) is 14.1. The lowest BCUT2D eigenvalue weighted by atomic mass is 9.83. The van der Waals surface area contributed by atoms with Crippen LogP contribution < -0.4 is 15.1 Å². The van der Waals surface area contributed by atoms with Crippen molar-refractivity contribution in [1.29, 1.82) is 0 Å². The zero-order valence-electron chi connectivity index (χ0n) is 24.8. The van der Waals surface area contributed by atoms with Gasteiger partial charge in [0, 0.05) is 21.0 Å². The molecule has 47 heavy (non-hydrogen) atoms. The number of hydrogen-bond donors (Lipinski definition) is 1. The smallest absolute Gasteiger partial charge is 0.338 e. The highest BCUT2D eigenvalue weighted by molar-refractivity contribution is 9.10. The molecule has 4 aromatic carbocycles. The van der Waals surface area contributed by atoms with Gasteiger partial charge in [0.25, 0.3) is 0 Å². The van der Waals surface area contributed by atoms with Gasteiger partial charge in [-0.15, -0.1) is 0 Å². The van der Waals surface area contributed by atoms with Crippen LogP contribution in [-0.4, -0.2) is 40.1 Å². The van der Waals surface area contributed by atoms with Gasteiger partial charge in [0.1, 0.15) is 11.8 Å². The zero-order chi connectivity index (χ0) is 32.8. The van der Waals surface area contributed by atoms with Gasteiger partial charge in [-0.05, 0) is 71.8 Å². The van der Waals surface area contributed by atoms with Crippen molar-refractivity contribution in [3.8, 4) is 0 Å². The molecule has 3 amide bonds. The van der Waals surface area contributed by atoms with E-state index in [4.69, 9.17) is 4.74 Å². The van der Waals surface area contributed by atoms with Crippen LogP contribution in [0.25, 0.3) is 10.8 Å². The summed E-state index contributed by atoms with van der Waals surface area (Å²) in [4.78, 5) is 68.6. The highest BCUT2D eigenvalue weighted by Crippen LogP contribution is 2.54. The predicted molar refractivity (Wildman–Crippen MR) is 185 cm³/mol. The molecule has 7 rings (SSSR count). The van der Waals surface area contributed by atoms with Gasteiger partial charge < -0.3 is 10.1 Å². The molecule has 1 N–H and O–H groups in total. The Kier molecular flexibility index (Phi) is 8.33. The van der Waals surface area contributed by atoms with E-state index in [1.165, 1.54) is 16.7 Å². The number of rotatable bonds is 7. The molecule has 0 aliphatic carbocycles. The molecule has 12 heteroatoms. The average molecular weight is 729 g/mol. The maximum atomic E-state index is 14.2. The topological polar surface area (TPSA) is 115 Å². The maximum absolute atomic E-state index is 14.2. The molecule has 1 fully saturated rings. The summed E-state index contributed by atoms with van der Waals surface area (Å²) < 4.78 is 7.25. The summed E-state index contributed by atoms with van der Waals surface area (Å²) in [7, 11) is 0. The highest BCUT2D eigenvalue weighted by Gasteiger charge is 2.56. The summed E-state index contributed by atoms with van der Waals surface area (Å²) in [6, 6.07) is 27.0. The van der Waals surface area contributed by atoms with Crippen molar-refractivity contribution in [2.24, 2.45) is 5.92 Å². The van der Waals surface area contributed by atoms with Gasteiger partial charge >= 0.3 is 10.8 Å². The fraction of sp³-hybridized carbons (Fsp3) is 0.171. The van der Waals surface area contributed by atoms with Gasteiger partial charge in [0.2, 0.25) is 17.7 Å². The second kappa shape index (κ2) is 12.6. The highest BCUT2D eigenvalue weighted by atomic mass is 79.9. The van der Waals surface area contributed by atoms with E-state index >= 15 is 0 Å². The summed E-state index contributed by atoms with van der Waals surface area (Å²) in [5, 5.41) is 4.57. The molecule has 3 atom stereocenters. The Morgan fingerprint density at radius 2 is 1.66 bits per heavy atom. The molecule has 0 spiro atoms. The van der Waals surface area contributed by atoms with Crippen LogP contribution in [0.3, 0.4) is 0 Å². The van der Waals surface area contributed by atoms with Crippen LogP contribution in [0.4, 0.5) is 11.4 Å². The van der Waals surface area contributed by atoms with Gasteiger partial charge in [-0.2, -0.15) is 0 Å². The number of anilines is 2. The van der Waals surface area contributed by atoms with Gasteiger partial charge in [-0.25, -0.2) is 9.69 Å². The summed E-state index contributed by atoms with van der Waals surface area (Å²) in [5.41, 5.74) is 2.02. The van der Waals surface area contributed by atoms with Crippen molar-refractivity contribution in [3.05, 3.63) is 121 Å². The number of nitrogens with zero attached hydrogens (tertiary/aromatic N) is 2. The van der Waals surface area contributed by atoms with Crippen LogP contribution in [0.5, 0.6) is 0 Å². The molecule has 0 unspecified atom stereocenters. The van der Waals surface area contributed by atoms with Crippen molar-refractivity contribution >= 4 is 84.9 Å². The number of ether oxygens (including phenoxy) is 1.